The SMILES string of the molecule is OB(O)c1ccc(C2Nc3ccccc3N2c2ccccc2)cc1. The fourth-order valence-corrected chi connectivity index (χ4v) is 3.12. The van der Waals surface area contributed by atoms with Gasteiger partial charge >= 0.3 is 7.12 Å². The fourth-order valence-electron chi connectivity index (χ4n) is 3.12. The highest BCUT2D eigenvalue weighted by Gasteiger charge is 2.30. The summed E-state index contributed by atoms with van der Waals surface area (Å²) < 4.78 is 0. The standard InChI is InChI=1S/C19H17BN2O2/c23-20(24)15-12-10-14(11-13-15)19-21-17-8-4-5-9-18(17)22(19)16-6-2-1-3-7-16/h1-13,19,21,23-24H. The Labute approximate surface area is 141 Å². The van der Waals surface area contributed by atoms with Crippen LogP contribution in [0.2, 0.25) is 0 Å². The monoisotopic (exact) mass is 316 g/mol. The van der Waals surface area contributed by atoms with E-state index in [1.165, 1.54) is 0 Å². The van der Waals surface area contributed by atoms with Crippen molar-refractivity contribution in [2.24, 2.45) is 0 Å². The molecule has 0 amide bonds. The van der Waals surface area contributed by atoms with Crippen LogP contribution in [0.4, 0.5) is 17.1 Å². The second kappa shape index (κ2) is 6.04. The number of para-hydroxylation sites is 3. The van der Waals surface area contributed by atoms with Crippen LogP contribution in [0, 0.1) is 0 Å². The third-order valence-corrected chi connectivity index (χ3v) is 4.30. The number of anilines is 3. The molecule has 118 valence electrons. The first kappa shape index (κ1) is 14.8. The lowest BCUT2D eigenvalue weighted by molar-refractivity contribution is 0.426. The van der Waals surface area contributed by atoms with Crippen molar-refractivity contribution in [3.8, 4) is 0 Å². The molecule has 5 heteroatoms. The molecule has 1 aliphatic heterocycles. The number of hydrogen-bond donors (Lipinski definition) is 3. The van der Waals surface area contributed by atoms with E-state index >= 15 is 0 Å². The zero-order valence-corrected chi connectivity index (χ0v) is 13.0. The largest absolute Gasteiger partial charge is 0.488 e. The van der Waals surface area contributed by atoms with E-state index in [1.54, 1.807) is 12.1 Å². The van der Waals surface area contributed by atoms with Crippen LogP contribution in [0.1, 0.15) is 11.7 Å². The molecule has 3 aromatic carbocycles. The Morgan fingerprint density at radius 1 is 0.792 bits per heavy atom. The molecule has 3 aromatic rings. The minimum Gasteiger partial charge on any atom is -0.423 e. The van der Waals surface area contributed by atoms with Gasteiger partial charge in [0.25, 0.3) is 0 Å². The van der Waals surface area contributed by atoms with Crippen LogP contribution < -0.4 is 15.7 Å². The molecule has 1 atom stereocenters. The van der Waals surface area contributed by atoms with Gasteiger partial charge in [-0.2, -0.15) is 0 Å². The van der Waals surface area contributed by atoms with Gasteiger partial charge in [-0.3, -0.25) is 0 Å². The van der Waals surface area contributed by atoms with Gasteiger partial charge in [0.2, 0.25) is 0 Å². The second-order valence-corrected chi connectivity index (χ2v) is 5.81. The molecular formula is C19H17BN2O2. The summed E-state index contributed by atoms with van der Waals surface area (Å²) in [6.45, 7) is 0. The summed E-state index contributed by atoms with van der Waals surface area (Å²) in [4.78, 5) is 2.25. The topological polar surface area (TPSA) is 55.7 Å². The number of benzene rings is 3. The van der Waals surface area contributed by atoms with E-state index in [1.807, 2.05) is 42.5 Å². The second-order valence-electron chi connectivity index (χ2n) is 5.81. The highest BCUT2D eigenvalue weighted by atomic mass is 16.4. The Morgan fingerprint density at radius 3 is 2.17 bits per heavy atom. The molecule has 24 heavy (non-hydrogen) atoms. The lowest BCUT2D eigenvalue weighted by atomic mass is 9.80. The summed E-state index contributed by atoms with van der Waals surface area (Å²) in [7, 11) is -1.45. The summed E-state index contributed by atoms with van der Waals surface area (Å²) in [5, 5.41) is 22.1. The first-order valence-electron chi connectivity index (χ1n) is 7.90. The summed E-state index contributed by atoms with van der Waals surface area (Å²) in [5.41, 5.74) is 4.85. The Bertz CT molecular complexity index is 838. The number of hydrogen-bond acceptors (Lipinski definition) is 4. The summed E-state index contributed by atoms with van der Waals surface area (Å²) in [6, 6.07) is 25.8. The van der Waals surface area contributed by atoms with E-state index in [2.05, 4.69) is 34.5 Å². The predicted octanol–water partition coefficient (Wildman–Crippen LogP) is 2.63. The fraction of sp³-hybridized carbons (Fsp3) is 0.0526. The zero-order valence-electron chi connectivity index (χ0n) is 13.0. The van der Waals surface area contributed by atoms with Crippen LogP contribution in [-0.4, -0.2) is 17.2 Å². The Kier molecular flexibility index (Phi) is 3.73. The van der Waals surface area contributed by atoms with Crippen molar-refractivity contribution in [3.05, 3.63) is 84.4 Å². The van der Waals surface area contributed by atoms with Gasteiger partial charge in [0, 0.05) is 5.69 Å². The van der Waals surface area contributed by atoms with E-state index in [-0.39, 0.29) is 6.17 Å². The predicted molar refractivity (Wildman–Crippen MR) is 97.7 cm³/mol. The van der Waals surface area contributed by atoms with E-state index in [4.69, 9.17) is 0 Å². The van der Waals surface area contributed by atoms with Crippen molar-refractivity contribution < 1.29 is 10.0 Å². The summed E-state index contributed by atoms with van der Waals surface area (Å²) in [5.74, 6) is 0. The summed E-state index contributed by atoms with van der Waals surface area (Å²) in [6.07, 6.45) is -0.0466. The van der Waals surface area contributed by atoms with Gasteiger partial charge in [0.1, 0.15) is 6.17 Å². The van der Waals surface area contributed by atoms with Crippen LogP contribution in [-0.2, 0) is 0 Å². The lowest BCUT2D eigenvalue weighted by Gasteiger charge is -2.27. The van der Waals surface area contributed by atoms with Crippen molar-refractivity contribution in [1.82, 2.24) is 0 Å². The third kappa shape index (κ3) is 2.54. The Balaban J connectivity index is 1.77. The van der Waals surface area contributed by atoms with Crippen molar-refractivity contribution in [1.29, 1.82) is 0 Å². The highest BCUT2D eigenvalue weighted by molar-refractivity contribution is 6.58. The van der Waals surface area contributed by atoms with Crippen LogP contribution in [0.25, 0.3) is 0 Å². The van der Waals surface area contributed by atoms with Gasteiger partial charge in [-0.15, -0.1) is 0 Å². The molecule has 0 aliphatic carbocycles. The maximum absolute atomic E-state index is 9.28. The van der Waals surface area contributed by atoms with E-state index in [9.17, 15) is 10.0 Å². The lowest BCUT2D eigenvalue weighted by Crippen LogP contribution is -2.30. The van der Waals surface area contributed by atoms with Crippen molar-refractivity contribution >= 4 is 29.6 Å². The molecule has 1 aliphatic rings. The van der Waals surface area contributed by atoms with Gasteiger partial charge in [0.05, 0.1) is 11.4 Å². The molecule has 3 N–H and O–H groups in total. The van der Waals surface area contributed by atoms with Crippen LogP contribution in [0.3, 0.4) is 0 Å². The van der Waals surface area contributed by atoms with Crippen LogP contribution >= 0.6 is 0 Å². The average Bonchev–Trinajstić information content (AvgIpc) is 3.02. The number of nitrogens with one attached hydrogen (secondary N) is 1. The van der Waals surface area contributed by atoms with Gasteiger partial charge in [-0.05, 0) is 35.3 Å². The van der Waals surface area contributed by atoms with E-state index < -0.39 is 7.12 Å². The molecule has 0 spiro atoms. The maximum Gasteiger partial charge on any atom is 0.488 e. The minimum atomic E-state index is -1.45. The Morgan fingerprint density at radius 2 is 1.46 bits per heavy atom. The molecule has 0 radical (unpaired) electrons. The smallest absolute Gasteiger partial charge is 0.423 e. The minimum absolute atomic E-state index is 0.0466. The van der Waals surface area contributed by atoms with Crippen molar-refractivity contribution in [2.75, 3.05) is 10.2 Å². The van der Waals surface area contributed by atoms with Gasteiger partial charge in [-0.25, -0.2) is 0 Å². The molecule has 1 unspecified atom stereocenters. The average molecular weight is 316 g/mol. The van der Waals surface area contributed by atoms with Gasteiger partial charge in [0.15, 0.2) is 0 Å². The molecule has 4 nitrogen and oxygen atoms in total. The molecule has 4 rings (SSSR count). The molecule has 0 saturated carbocycles. The molecule has 0 fully saturated rings. The quantitative estimate of drug-likeness (QED) is 0.650. The maximum atomic E-state index is 9.28. The third-order valence-electron chi connectivity index (χ3n) is 4.30. The number of nitrogens with zero attached hydrogens (tertiary/aromatic N) is 1. The summed E-state index contributed by atoms with van der Waals surface area (Å²) >= 11 is 0. The first-order chi connectivity index (χ1) is 11.7. The molecule has 0 saturated heterocycles. The number of rotatable bonds is 3. The highest BCUT2D eigenvalue weighted by Crippen LogP contribution is 2.45. The number of fused-ring (bicyclic) bond motifs is 1. The molecular weight excluding hydrogens is 299 g/mol. The van der Waals surface area contributed by atoms with Crippen molar-refractivity contribution in [3.63, 3.8) is 0 Å². The van der Waals surface area contributed by atoms with Gasteiger partial charge in [-0.1, -0.05) is 54.6 Å². The van der Waals surface area contributed by atoms with Crippen LogP contribution in [0.5, 0.6) is 0 Å². The Hall–Kier alpha value is -2.76. The van der Waals surface area contributed by atoms with E-state index in [0.29, 0.717) is 5.46 Å². The van der Waals surface area contributed by atoms with Crippen molar-refractivity contribution in [2.45, 2.75) is 6.17 Å². The zero-order chi connectivity index (χ0) is 16.5. The normalized spacial score (nSPS) is 15.8. The van der Waals surface area contributed by atoms with E-state index in [0.717, 1.165) is 22.6 Å². The molecule has 0 bridgehead atoms. The first-order valence-corrected chi connectivity index (χ1v) is 7.90. The molecule has 1 heterocycles. The van der Waals surface area contributed by atoms with Gasteiger partial charge < -0.3 is 20.3 Å². The molecule has 0 aromatic heterocycles. The van der Waals surface area contributed by atoms with Crippen LogP contribution in [0.15, 0.2) is 78.9 Å².